The summed E-state index contributed by atoms with van der Waals surface area (Å²) in [6, 6.07) is 13.0. The number of rotatable bonds is 6. The average molecular weight is 298 g/mol. The van der Waals surface area contributed by atoms with E-state index in [1.807, 2.05) is 43.3 Å². The number of aromatic nitrogens is 1. The Labute approximate surface area is 129 Å². The molecule has 1 aromatic carbocycles. The molecular formula is C17H18N2O3. The molecule has 0 saturated heterocycles. The predicted molar refractivity (Wildman–Crippen MR) is 83.7 cm³/mol. The Balaban J connectivity index is 2.19. The number of carboxylic acids is 1. The van der Waals surface area contributed by atoms with E-state index in [0.717, 1.165) is 11.1 Å². The van der Waals surface area contributed by atoms with Crippen molar-refractivity contribution in [2.75, 3.05) is 11.4 Å². The number of carbonyl (C=O) groups excluding carboxylic acids is 1. The molecule has 1 N–H and O–H groups in total. The molecule has 5 nitrogen and oxygen atoms in total. The summed E-state index contributed by atoms with van der Waals surface area (Å²) < 4.78 is 0. The van der Waals surface area contributed by atoms with Gasteiger partial charge in [-0.25, -0.2) is 4.98 Å². The van der Waals surface area contributed by atoms with Gasteiger partial charge in [-0.3, -0.25) is 14.5 Å². The Kier molecular flexibility index (Phi) is 5.25. The SMILES string of the molecule is Cc1ccnc(N(CCC(=O)O)C(=O)Cc2ccccc2)c1. The van der Waals surface area contributed by atoms with Crippen molar-refractivity contribution in [2.24, 2.45) is 0 Å². The predicted octanol–water partition coefficient (Wildman–Crippen LogP) is 2.44. The van der Waals surface area contributed by atoms with E-state index in [2.05, 4.69) is 4.98 Å². The first-order valence-electron chi connectivity index (χ1n) is 7.05. The van der Waals surface area contributed by atoms with Gasteiger partial charge in [-0.15, -0.1) is 0 Å². The second-order valence-corrected chi connectivity index (χ2v) is 5.04. The van der Waals surface area contributed by atoms with Gasteiger partial charge in [0.05, 0.1) is 12.8 Å². The third-order valence-electron chi connectivity index (χ3n) is 3.23. The van der Waals surface area contributed by atoms with Crippen LogP contribution in [0.5, 0.6) is 0 Å². The molecule has 2 rings (SSSR count). The highest BCUT2D eigenvalue weighted by atomic mass is 16.4. The molecule has 2 aromatic rings. The van der Waals surface area contributed by atoms with Crippen LogP contribution in [0.3, 0.4) is 0 Å². The maximum atomic E-state index is 12.5. The minimum atomic E-state index is -0.940. The molecule has 0 bridgehead atoms. The lowest BCUT2D eigenvalue weighted by atomic mass is 10.1. The Morgan fingerprint density at radius 2 is 1.91 bits per heavy atom. The number of aryl methyl sites for hydroxylation is 1. The van der Waals surface area contributed by atoms with Gasteiger partial charge < -0.3 is 5.11 Å². The first-order chi connectivity index (χ1) is 10.6. The standard InChI is InChI=1S/C17H18N2O3/c1-13-7-9-18-15(11-13)19(10-8-17(21)22)16(20)12-14-5-3-2-4-6-14/h2-7,9,11H,8,10,12H2,1H3,(H,21,22). The van der Waals surface area contributed by atoms with Crippen molar-refractivity contribution in [3.05, 3.63) is 59.8 Å². The second kappa shape index (κ2) is 7.36. The van der Waals surface area contributed by atoms with Crippen LogP contribution in [0.25, 0.3) is 0 Å². The quantitative estimate of drug-likeness (QED) is 0.889. The summed E-state index contributed by atoms with van der Waals surface area (Å²) in [4.78, 5) is 29.0. The molecule has 0 aliphatic carbocycles. The van der Waals surface area contributed by atoms with Crippen LogP contribution in [0.4, 0.5) is 5.82 Å². The van der Waals surface area contributed by atoms with Crippen molar-refractivity contribution in [3.8, 4) is 0 Å². The number of aliphatic carboxylic acids is 1. The van der Waals surface area contributed by atoms with E-state index < -0.39 is 5.97 Å². The van der Waals surface area contributed by atoms with Gasteiger partial charge in [0.15, 0.2) is 0 Å². The number of hydrogen-bond acceptors (Lipinski definition) is 3. The number of carboxylic acid groups (broad SMARTS) is 1. The van der Waals surface area contributed by atoms with Crippen LogP contribution in [0.1, 0.15) is 17.5 Å². The van der Waals surface area contributed by atoms with Gasteiger partial charge in [0.1, 0.15) is 5.82 Å². The maximum Gasteiger partial charge on any atom is 0.305 e. The van der Waals surface area contributed by atoms with Crippen LogP contribution in [0.2, 0.25) is 0 Å². The average Bonchev–Trinajstić information content (AvgIpc) is 2.48. The summed E-state index contributed by atoms with van der Waals surface area (Å²) in [5.41, 5.74) is 1.86. The molecule has 0 saturated carbocycles. The summed E-state index contributed by atoms with van der Waals surface area (Å²) in [6.07, 6.45) is 1.72. The number of anilines is 1. The highest BCUT2D eigenvalue weighted by molar-refractivity contribution is 5.94. The minimum Gasteiger partial charge on any atom is -0.481 e. The number of carbonyl (C=O) groups is 2. The van der Waals surface area contributed by atoms with Gasteiger partial charge in [0.25, 0.3) is 0 Å². The fourth-order valence-electron chi connectivity index (χ4n) is 2.11. The van der Waals surface area contributed by atoms with Gasteiger partial charge in [0, 0.05) is 12.7 Å². The topological polar surface area (TPSA) is 70.5 Å². The van der Waals surface area contributed by atoms with E-state index in [1.165, 1.54) is 4.90 Å². The van der Waals surface area contributed by atoms with Crippen molar-refractivity contribution in [1.82, 2.24) is 4.98 Å². The molecule has 0 aliphatic rings. The monoisotopic (exact) mass is 298 g/mol. The summed E-state index contributed by atoms with van der Waals surface area (Å²) in [5, 5.41) is 8.88. The summed E-state index contributed by atoms with van der Waals surface area (Å²) in [5.74, 6) is -0.613. The lowest BCUT2D eigenvalue weighted by Gasteiger charge is -2.21. The third kappa shape index (κ3) is 4.41. The molecule has 0 unspecified atom stereocenters. The molecule has 0 fully saturated rings. The summed E-state index contributed by atoms with van der Waals surface area (Å²) in [7, 11) is 0. The van der Waals surface area contributed by atoms with Crippen LogP contribution in [-0.2, 0) is 16.0 Å². The van der Waals surface area contributed by atoms with Gasteiger partial charge in [-0.1, -0.05) is 30.3 Å². The Morgan fingerprint density at radius 1 is 1.18 bits per heavy atom. The number of pyridine rings is 1. The maximum absolute atomic E-state index is 12.5. The molecule has 1 amide bonds. The van der Waals surface area contributed by atoms with E-state index in [9.17, 15) is 9.59 Å². The van der Waals surface area contributed by atoms with E-state index in [0.29, 0.717) is 5.82 Å². The fourth-order valence-corrected chi connectivity index (χ4v) is 2.11. The zero-order valence-electron chi connectivity index (χ0n) is 12.4. The number of benzene rings is 1. The molecule has 0 aliphatic heterocycles. The summed E-state index contributed by atoms with van der Waals surface area (Å²) >= 11 is 0. The van der Waals surface area contributed by atoms with Gasteiger partial charge in [0.2, 0.25) is 5.91 Å². The zero-order valence-corrected chi connectivity index (χ0v) is 12.4. The van der Waals surface area contributed by atoms with Crippen LogP contribution < -0.4 is 4.90 Å². The van der Waals surface area contributed by atoms with Crippen molar-refractivity contribution in [2.45, 2.75) is 19.8 Å². The molecule has 22 heavy (non-hydrogen) atoms. The minimum absolute atomic E-state index is 0.109. The molecule has 0 atom stereocenters. The highest BCUT2D eigenvalue weighted by Gasteiger charge is 2.18. The molecule has 1 aromatic heterocycles. The first-order valence-corrected chi connectivity index (χ1v) is 7.05. The lowest BCUT2D eigenvalue weighted by Crippen LogP contribution is -2.35. The second-order valence-electron chi connectivity index (χ2n) is 5.04. The normalized spacial score (nSPS) is 10.2. The van der Waals surface area contributed by atoms with Gasteiger partial charge in [-0.2, -0.15) is 0 Å². The van der Waals surface area contributed by atoms with Crippen molar-refractivity contribution < 1.29 is 14.7 Å². The number of nitrogens with zero attached hydrogens (tertiary/aromatic N) is 2. The Hall–Kier alpha value is -2.69. The van der Waals surface area contributed by atoms with E-state index in [4.69, 9.17) is 5.11 Å². The van der Waals surface area contributed by atoms with Crippen molar-refractivity contribution in [3.63, 3.8) is 0 Å². The third-order valence-corrected chi connectivity index (χ3v) is 3.23. The zero-order chi connectivity index (χ0) is 15.9. The lowest BCUT2D eigenvalue weighted by molar-refractivity contribution is -0.136. The van der Waals surface area contributed by atoms with Crippen molar-refractivity contribution in [1.29, 1.82) is 0 Å². The largest absolute Gasteiger partial charge is 0.481 e. The number of hydrogen-bond donors (Lipinski definition) is 1. The molecule has 5 heteroatoms. The van der Waals surface area contributed by atoms with Gasteiger partial charge >= 0.3 is 5.97 Å². The van der Waals surface area contributed by atoms with Crippen LogP contribution in [0.15, 0.2) is 48.7 Å². The molecule has 0 spiro atoms. The molecule has 114 valence electrons. The fraction of sp³-hybridized carbons (Fsp3) is 0.235. The molecule has 0 radical (unpaired) electrons. The van der Waals surface area contributed by atoms with Crippen LogP contribution >= 0.6 is 0 Å². The van der Waals surface area contributed by atoms with E-state index in [1.54, 1.807) is 12.3 Å². The van der Waals surface area contributed by atoms with Crippen molar-refractivity contribution >= 4 is 17.7 Å². The smallest absolute Gasteiger partial charge is 0.305 e. The van der Waals surface area contributed by atoms with Crippen LogP contribution in [-0.4, -0.2) is 28.5 Å². The highest BCUT2D eigenvalue weighted by Crippen LogP contribution is 2.15. The molecular weight excluding hydrogens is 280 g/mol. The van der Waals surface area contributed by atoms with Gasteiger partial charge in [-0.05, 0) is 30.2 Å². The van der Waals surface area contributed by atoms with Crippen LogP contribution in [0, 0.1) is 6.92 Å². The molecule has 1 heterocycles. The Morgan fingerprint density at radius 3 is 2.55 bits per heavy atom. The summed E-state index contributed by atoms with van der Waals surface area (Å²) in [6.45, 7) is 2.01. The first kappa shape index (κ1) is 15.7. The Bertz CT molecular complexity index is 656. The number of amides is 1. The van der Waals surface area contributed by atoms with E-state index >= 15 is 0 Å². The van der Waals surface area contributed by atoms with E-state index in [-0.39, 0.29) is 25.3 Å².